The van der Waals surface area contributed by atoms with Crippen molar-refractivity contribution in [3.63, 3.8) is 0 Å². The molecule has 0 saturated heterocycles. The molecule has 1 atom stereocenters. The molecule has 0 fully saturated rings. The van der Waals surface area contributed by atoms with E-state index in [1.807, 2.05) is 0 Å². The number of rotatable bonds is 2. The van der Waals surface area contributed by atoms with Crippen LogP contribution in [0.4, 0.5) is 0 Å². The van der Waals surface area contributed by atoms with Crippen LogP contribution >= 0.6 is 0 Å². The van der Waals surface area contributed by atoms with E-state index in [0.717, 1.165) is 25.7 Å². The number of carbonyl (C=O) groups is 2. The highest BCUT2D eigenvalue weighted by atomic mass is 16.5. The van der Waals surface area contributed by atoms with Gasteiger partial charge < -0.3 is 10.1 Å². The molecule has 0 bridgehead atoms. The van der Waals surface area contributed by atoms with E-state index in [-0.39, 0.29) is 13.1 Å². The molecule has 1 aliphatic rings. The lowest BCUT2D eigenvalue weighted by Crippen LogP contribution is -2.40. The molecule has 1 N–H and O–H groups in total. The molecule has 0 aromatic carbocycles. The van der Waals surface area contributed by atoms with Crippen molar-refractivity contribution in [1.82, 2.24) is 5.32 Å². The first-order valence-electron chi connectivity index (χ1n) is 6.40. The van der Waals surface area contributed by atoms with Crippen molar-refractivity contribution < 1.29 is 15.8 Å². The summed E-state index contributed by atoms with van der Waals surface area (Å²) in [6, 6.07) is -0.403. The van der Waals surface area contributed by atoms with Crippen LogP contribution < -0.4 is 5.32 Å². The van der Waals surface area contributed by atoms with Crippen LogP contribution in [-0.4, -0.2) is 24.3 Å². The summed E-state index contributed by atoms with van der Waals surface area (Å²) in [7, 11) is 0. The highest BCUT2D eigenvalue weighted by Gasteiger charge is 2.18. The fourth-order valence-corrected chi connectivity index (χ4v) is 1.85. The van der Waals surface area contributed by atoms with E-state index in [1.165, 1.54) is 19.3 Å². The quantitative estimate of drug-likeness (QED) is 0.822. The second kappa shape index (κ2) is 7.69. The molecule has 0 saturated carbocycles. The number of amides is 1. The number of ether oxygens (including phenoxy) is 1. The summed E-state index contributed by atoms with van der Waals surface area (Å²) in [4.78, 5) is 23.4. The molecule has 18 heavy (non-hydrogen) atoms. The van der Waals surface area contributed by atoms with Crippen LogP contribution in [0, 0.1) is 0 Å². The Bertz CT molecular complexity index is 353. The van der Waals surface area contributed by atoms with Gasteiger partial charge in [0.25, 0.3) is 5.91 Å². The summed E-state index contributed by atoms with van der Waals surface area (Å²) < 4.78 is 5.30. The fourth-order valence-electron chi connectivity index (χ4n) is 1.85. The normalized spacial score (nSPS) is 25.5. The van der Waals surface area contributed by atoms with E-state index in [4.69, 9.17) is 4.74 Å². The van der Waals surface area contributed by atoms with Gasteiger partial charge in [-0.2, -0.15) is 0 Å². The van der Waals surface area contributed by atoms with Crippen LogP contribution in [0.5, 0.6) is 0 Å². The maximum Gasteiger partial charge on any atom is 0.254 e. The predicted molar refractivity (Wildman–Crippen MR) is 72.0 cm³/mol. The Morgan fingerprint density at radius 1 is 1.50 bits per heavy atom. The largest absolute Gasteiger partial charge is 0.500 e. The molecule has 1 rings (SSSR count). The Hall–Kier alpha value is -1.58. The SMILES string of the molecule is C=C/C1=C/OCCCCCCC(C(C)=O)NC1=O.[HH]. The molecule has 4 heteroatoms. The zero-order valence-corrected chi connectivity index (χ0v) is 10.9. The number of nitrogens with one attached hydrogen (secondary N) is 1. The highest BCUT2D eigenvalue weighted by Crippen LogP contribution is 2.10. The summed E-state index contributed by atoms with van der Waals surface area (Å²) >= 11 is 0. The smallest absolute Gasteiger partial charge is 0.254 e. The zero-order valence-electron chi connectivity index (χ0n) is 10.9. The maximum atomic E-state index is 11.9. The minimum Gasteiger partial charge on any atom is -0.500 e. The Morgan fingerprint density at radius 3 is 2.89 bits per heavy atom. The van der Waals surface area contributed by atoms with Gasteiger partial charge in [-0.3, -0.25) is 9.59 Å². The van der Waals surface area contributed by atoms with E-state index < -0.39 is 6.04 Å². The van der Waals surface area contributed by atoms with Gasteiger partial charge in [0.2, 0.25) is 0 Å². The number of hydrogen-bond donors (Lipinski definition) is 1. The van der Waals surface area contributed by atoms with Crippen LogP contribution in [0.3, 0.4) is 0 Å². The standard InChI is InChI=1S/C14H21NO3.H2/c1-3-12-10-18-9-7-5-4-6-8-13(11(2)16)15-14(12)17;/h3,10,13H,1,4-9H2,2H3,(H,15,17);1H/b12-10-;. The maximum absolute atomic E-state index is 11.9. The van der Waals surface area contributed by atoms with Crippen molar-refractivity contribution in [2.24, 2.45) is 0 Å². The van der Waals surface area contributed by atoms with E-state index in [9.17, 15) is 9.59 Å². The Labute approximate surface area is 110 Å². The third kappa shape index (κ3) is 4.73. The van der Waals surface area contributed by atoms with Crippen molar-refractivity contribution in [2.75, 3.05) is 6.61 Å². The van der Waals surface area contributed by atoms with Gasteiger partial charge in [0, 0.05) is 1.43 Å². The average Bonchev–Trinajstić information content (AvgIpc) is 2.33. The minimum absolute atomic E-state index is 0. The van der Waals surface area contributed by atoms with Gasteiger partial charge in [-0.25, -0.2) is 0 Å². The lowest BCUT2D eigenvalue weighted by atomic mass is 10.0. The summed E-state index contributed by atoms with van der Waals surface area (Å²) in [6.45, 7) is 5.70. The van der Waals surface area contributed by atoms with Gasteiger partial charge in [-0.05, 0) is 19.8 Å². The fraction of sp³-hybridized carbons (Fsp3) is 0.571. The van der Waals surface area contributed by atoms with Gasteiger partial charge in [0.05, 0.1) is 24.5 Å². The van der Waals surface area contributed by atoms with E-state index >= 15 is 0 Å². The van der Waals surface area contributed by atoms with E-state index in [2.05, 4.69) is 11.9 Å². The third-order valence-electron chi connectivity index (χ3n) is 2.99. The lowest BCUT2D eigenvalue weighted by molar-refractivity contribution is -0.124. The van der Waals surface area contributed by atoms with Gasteiger partial charge in [-0.15, -0.1) is 0 Å². The third-order valence-corrected chi connectivity index (χ3v) is 2.99. The van der Waals surface area contributed by atoms with Crippen LogP contribution in [0.15, 0.2) is 24.5 Å². The Balaban J connectivity index is 0.00000324. The summed E-state index contributed by atoms with van der Waals surface area (Å²) in [6.07, 6.45) is 7.60. The molecule has 0 aromatic heterocycles. The molecule has 4 nitrogen and oxygen atoms in total. The van der Waals surface area contributed by atoms with Crippen molar-refractivity contribution in [3.05, 3.63) is 24.5 Å². The lowest BCUT2D eigenvalue weighted by Gasteiger charge is -2.17. The second-order valence-electron chi connectivity index (χ2n) is 4.49. The van der Waals surface area contributed by atoms with Crippen LogP contribution in [-0.2, 0) is 14.3 Å². The summed E-state index contributed by atoms with van der Waals surface area (Å²) in [5, 5.41) is 2.73. The predicted octanol–water partition coefficient (Wildman–Crippen LogP) is 2.36. The Kier molecular flexibility index (Phi) is 6.19. The van der Waals surface area contributed by atoms with Gasteiger partial charge in [0.15, 0.2) is 5.78 Å². The molecule has 0 spiro atoms. The molecular weight excluding hydrogens is 230 g/mol. The summed E-state index contributed by atoms with van der Waals surface area (Å²) in [5.74, 6) is -0.310. The van der Waals surface area contributed by atoms with E-state index in [0.29, 0.717) is 18.6 Å². The molecule has 0 radical (unpaired) electrons. The number of ketones is 1. The average molecular weight is 253 g/mol. The first-order valence-corrected chi connectivity index (χ1v) is 6.40. The Morgan fingerprint density at radius 2 is 2.22 bits per heavy atom. The first kappa shape index (κ1) is 14.5. The molecular formula is C14H23NO3. The molecule has 1 amide bonds. The van der Waals surface area contributed by atoms with Crippen molar-refractivity contribution >= 4 is 11.7 Å². The van der Waals surface area contributed by atoms with Crippen molar-refractivity contribution in [1.29, 1.82) is 0 Å². The van der Waals surface area contributed by atoms with Gasteiger partial charge in [-0.1, -0.05) is 31.9 Å². The molecule has 102 valence electrons. The molecule has 1 unspecified atom stereocenters. The number of Topliss-reactive ketones (excluding diaryl/α,β-unsaturated/α-hetero) is 1. The van der Waals surface area contributed by atoms with Crippen LogP contribution in [0.1, 0.15) is 40.5 Å². The molecule has 1 aliphatic heterocycles. The first-order chi connectivity index (χ1) is 8.65. The van der Waals surface area contributed by atoms with Crippen molar-refractivity contribution in [2.45, 2.75) is 45.1 Å². The highest BCUT2D eigenvalue weighted by molar-refractivity contribution is 5.98. The number of carbonyl (C=O) groups excluding carboxylic acids is 2. The van der Waals surface area contributed by atoms with Crippen molar-refractivity contribution in [3.8, 4) is 0 Å². The molecule has 1 heterocycles. The van der Waals surface area contributed by atoms with Crippen LogP contribution in [0.25, 0.3) is 0 Å². The second-order valence-corrected chi connectivity index (χ2v) is 4.49. The topological polar surface area (TPSA) is 55.4 Å². The van der Waals surface area contributed by atoms with E-state index in [1.54, 1.807) is 0 Å². The zero-order chi connectivity index (χ0) is 13.4. The summed E-state index contributed by atoms with van der Waals surface area (Å²) in [5.41, 5.74) is 0.363. The molecule has 0 aliphatic carbocycles. The van der Waals surface area contributed by atoms with Crippen LogP contribution in [0.2, 0.25) is 0 Å². The minimum atomic E-state index is -0.403. The van der Waals surface area contributed by atoms with Gasteiger partial charge >= 0.3 is 0 Å². The van der Waals surface area contributed by atoms with Gasteiger partial charge in [0.1, 0.15) is 0 Å². The molecule has 0 aromatic rings. The number of hydrogen-bond acceptors (Lipinski definition) is 3. The monoisotopic (exact) mass is 253 g/mol.